The first-order valence-corrected chi connectivity index (χ1v) is 10.9. The molecule has 3 heterocycles. The number of nitrogens with zero attached hydrogens (tertiary/aromatic N) is 2. The number of ether oxygens (including phenoxy) is 2. The van der Waals surface area contributed by atoms with Gasteiger partial charge in [0.05, 0.1) is 24.5 Å². The Morgan fingerprint density at radius 2 is 1.94 bits per heavy atom. The van der Waals surface area contributed by atoms with Crippen LogP contribution in [-0.2, 0) is 12.8 Å². The number of thiophene rings is 1. The maximum absolute atomic E-state index is 12.8. The molecule has 0 spiro atoms. The number of nitro benzene ring substituents is 1. The minimum atomic E-state index is -0.541. The Kier molecular flexibility index (Phi) is 4.93. The van der Waals surface area contributed by atoms with Gasteiger partial charge in [-0.05, 0) is 49.4 Å². The van der Waals surface area contributed by atoms with Crippen molar-refractivity contribution < 1.29 is 18.8 Å². The van der Waals surface area contributed by atoms with Crippen LogP contribution in [0.2, 0.25) is 0 Å². The fraction of sp³-hybridized carbons (Fsp3) is 0.273. The van der Waals surface area contributed by atoms with Crippen LogP contribution in [0.3, 0.4) is 0 Å². The van der Waals surface area contributed by atoms with Crippen molar-refractivity contribution in [1.29, 1.82) is 0 Å². The summed E-state index contributed by atoms with van der Waals surface area (Å²) in [5, 5.41) is 12.2. The number of aryl methyl sites for hydroxylation is 2. The van der Waals surface area contributed by atoms with E-state index in [1.165, 1.54) is 25.2 Å². The second kappa shape index (κ2) is 7.79. The molecule has 0 saturated carbocycles. The third kappa shape index (κ3) is 3.23. The zero-order chi connectivity index (χ0) is 22.4. The molecule has 5 rings (SSSR count). The van der Waals surface area contributed by atoms with Crippen molar-refractivity contribution in [1.82, 2.24) is 9.97 Å². The smallest absolute Gasteiger partial charge is 0.315 e. The normalized spacial score (nSPS) is 13.2. The van der Waals surface area contributed by atoms with E-state index in [-0.39, 0.29) is 22.7 Å². The van der Waals surface area contributed by atoms with E-state index in [1.807, 2.05) is 0 Å². The lowest BCUT2D eigenvalue weighted by Crippen LogP contribution is -2.11. The molecule has 0 aliphatic heterocycles. The number of fused-ring (bicyclic) bond motifs is 3. The van der Waals surface area contributed by atoms with Gasteiger partial charge < -0.3 is 18.9 Å². The lowest BCUT2D eigenvalue weighted by atomic mass is 9.97. The Balaban J connectivity index is 1.58. The van der Waals surface area contributed by atoms with Crippen molar-refractivity contribution in [2.45, 2.75) is 25.7 Å². The van der Waals surface area contributed by atoms with Crippen LogP contribution in [0.5, 0.6) is 11.5 Å². The number of furan rings is 1. The van der Waals surface area contributed by atoms with Gasteiger partial charge in [-0.1, -0.05) is 0 Å². The van der Waals surface area contributed by atoms with Crippen LogP contribution in [0.15, 0.2) is 33.5 Å². The minimum Gasteiger partial charge on any atom is -0.493 e. The highest BCUT2D eigenvalue weighted by Crippen LogP contribution is 2.42. The fourth-order valence-corrected chi connectivity index (χ4v) is 5.39. The van der Waals surface area contributed by atoms with Crippen LogP contribution >= 0.6 is 11.3 Å². The molecule has 1 N–H and O–H groups in total. The minimum absolute atomic E-state index is 0.0335. The van der Waals surface area contributed by atoms with Gasteiger partial charge in [-0.3, -0.25) is 14.9 Å². The molecule has 9 nitrogen and oxygen atoms in total. The van der Waals surface area contributed by atoms with E-state index in [9.17, 15) is 14.9 Å². The summed E-state index contributed by atoms with van der Waals surface area (Å²) < 4.78 is 16.3. The number of benzene rings is 1. The Morgan fingerprint density at radius 3 is 2.69 bits per heavy atom. The van der Waals surface area contributed by atoms with Gasteiger partial charge >= 0.3 is 5.69 Å². The Bertz CT molecular complexity index is 1420. The van der Waals surface area contributed by atoms with Crippen molar-refractivity contribution in [3.8, 4) is 34.4 Å². The number of rotatable bonds is 5. The fourth-order valence-electron chi connectivity index (χ4n) is 4.12. The molecule has 0 unspecified atom stereocenters. The average Bonchev–Trinajstić information content (AvgIpc) is 3.43. The zero-order valence-corrected chi connectivity index (χ0v) is 18.2. The van der Waals surface area contributed by atoms with Gasteiger partial charge in [-0.2, -0.15) is 0 Å². The van der Waals surface area contributed by atoms with Gasteiger partial charge in [0.25, 0.3) is 5.56 Å². The molecule has 1 aromatic carbocycles. The molecule has 164 valence electrons. The van der Waals surface area contributed by atoms with Crippen LogP contribution < -0.4 is 15.0 Å². The lowest BCUT2D eigenvalue weighted by Gasteiger charge is -2.09. The van der Waals surface area contributed by atoms with Gasteiger partial charge in [0.2, 0.25) is 5.75 Å². The van der Waals surface area contributed by atoms with E-state index < -0.39 is 4.92 Å². The summed E-state index contributed by atoms with van der Waals surface area (Å²) in [6.45, 7) is 0. The third-order valence-corrected chi connectivity index (χ3v) is 6.79. The molecule has 0 fully saturated rings. The standard InChI is InChI=1S/C22H19N3O6S/c1-29-16-10-11(9-13(25(27)28)19(16)30-2)14-7-8-15(31-14)20-23-21(26)18-12-5-3-4-6-17(12)32-22(18)24-20/h7-10H,3-6H2,1-2H3,(H,23,24,26). The number of aromatic amines is 1. The predicted octanol–water partition coefficient (Wildman–Crippen LogP) is 4.72. The predicted molar refractivity (Wildman–Crippen MR) is 120 cm³/mol. The topological polar surface area (TPSA) is 120 Å². The van der Waals surface area contributed by atoms with Crippen molar-refractivity contribution in [2.75, 3.05) is 14.2 Å². The lowest BCUT2D eigenvalue weighted by molar-refractivity contribution is -0.385. The quantitative estimate of drug-likeness (QED) is 0.343. The molecule has 4 aromatic rings. The van der Waals surface area contributed by atoms with Crippen LogP contribution in [0.1, 0.15) is 23.3 Å². The molecule has 0 bridgehead atoms. The number of H-pyrrole nitrogens is 1. The number of hydrogen-bond donors (Lipinski definition) is 1. The molecule has 0 amide bonds. The van der Waals surface area contributed by atoms with Crippen LogP contribution in [0.25, 0.3) is 33.1 Å². The second-order valence-electron chi connectivity index (χ2n) is 7.46. The molecule has 3 aromatic heterocycles. The number of aromatic nitrogens is 2. The number of methoxy groups -OCH3 is 2. The number of hydrogen-bond acceptors (Lipinski definition) is 8. The van der Waals surface area contributed by atoms with Crippen molar-refractivity contribution in [2.24, 2.45) is 0 Å². The van der Waals surface area contributed by atoms with Crippen molar-refractivity contribution in [3.05, 3.63) is 55.2 Å². The first-order valence-electron chi connectivity index (χ1n) is 10.1. The van der Waals surface area contributed by atoms with Crippen LogP contribution in [0.4, 0.5) is 5.69 Å². The highest BCUT2D eigenvalue weighted by Gasteiger charge is 2.24. The second-order valence-corrected chi connectivity index (χ2v) is 8.54. The zero-order valence-electron chi connectivity index (χ0n) is 17.4. The summed E-state index contributed by atoms with van der Waals surface area (Å²) >= 11 is 1.56. The molecule has 10 heteroatoms. The van der Waals surface area contributed by atoms with E-state index in [0.29, 0.717) is 33.1 Å². The van der Waals surface area contributed by atoms with Gasteiger partial charge in [0, 0.05) is 16.5 Å². The maximum Gasteiger partial charge on any atom is 0.315 e. The molecule has 0 atom stereocenters. The Morgan fingerprint density at radius 1 is 1.16 bits per heavy atom. The summed E-state index contributed by atoms with van der Waals surface area (Å²) in [4.78, 5) is 33.2. The molecule has 32 heavy (non-hydrogen) atoms. The van der Waals surface area contributed by atoms with Crippen LogP contribution in [-0.4, -0.2) is 29.1 Å². The molecule has 1 aliphatic carbocycles. The summed E-state index contributed by atoms with van der Waals surface area (Å²) in [5.41, 5.74) is 1.14. The number of nitrogens with one attached hydrogen (secondary N) is 1. The van der Waals surface area contributed by atoms with E-state index in [0.717, 1.165) is 31.2 Å². The average molecular weight is 453 g/mol. The third-order valence-electron chi connectivity index (χ3n) is 5.60. The molecule has 1 aliphatic rings. The van der Waals surface area contributed by atoms with Gasteiger partial charge in [0.1, 0.15) is 10.6 Å². The maximum atomic E-state index is 12.8. The SMILES string of the molecule is COc1cc(-c2ccc(-c3nc4sc5c(c4c(=O)[nH]3)CCCC5)o2)cc([N+](=O)[O-])c1OC. The van der Waals surface area contributed by atoms with E-state index in [4.69, 9.17) is 13.9 Å². The largest absolute Gasteiger partial charge is 0.493 e. The summed E-state index contributed by atoms with van der Waals surface area (Å²) in [7, 11) is 2.75. The Hall–Kier alpha value is -3.66. The van der Waals surface area contributed by atoms with Crippen molar-refractivity contribution >= 4 is 27.2 Å². The molecule has 0 saturated heterocycles. The van der Waals surface area contributed by atoms with Crippen LogP contribution in [0, 0.1) is 10.1 Å². The van der Waals surface area contributed by atoms with Gasteiger partial charge in [-0.15, -0.1) is 11.3 Å². The Labute approximate surface area is 185 Å². The highest BCUT2D eigenvalue weighted by molar-refractivity contribution is 7.18. The monoisotopic (exact) mass is 453 g/mol. The first-order chi connectivity index (χ1) is 15.5. The summed E-state index contributed by atoms with van der Waals surface area (Å²) in [6, 6.07) is 6.30. The van der Waals surface area contributed by atoms with Gasteiger partial charge in [-0.25, -0.2) is 4.98 Å². The van der Waals surface area contributed by atoms with Crippen molar-refractivity contribution in [3.63, 3.8) is 0 Å². The summed E-state index contributed by atoms with van der Waals surface area (Å²) in [5.74, 6) is 1.31. The van der Waals surface area contributed by atoms with E-state index in [2.05, 4.69) is 9.97 Å². The highest BCUT2D eigenvalue weighted by atomic mass is 32.1. The molecular weight excluding hydrogens is 434 g/mol. The van der Waals surface area contributed by atoms with Gasteiger partial charge in [0.15, 0.2) is 17.3 Å². The summed E-state index contributed by atoms with van der Waals surface area (Å²) in [6.07, 6.45) is 4.10. The first kappa shape index (κ1) is 20.3. The van der Waals surface area contributed by atoms with E-state index >= 15 is 0 Å². The molecule has 0 radical (unpaired) electrons. The van der Waals surface area contributed by atoms with E-state index in [1.54, 1.807) is 29.5 Å². The molecular formula is C22H19N3O6S. The number of nitro groups is 1.